The molecule has 0 radical (unpaired) electrons. The Morgan fingerprint density at radius 2 is 2.20 bits per heavy atom. The van der Waals surface area contributed by atoms with Crippen LogP contribution < -0.4 is 4.74 Å². The third-order valence-corrected chi connectivity index (χ3v) is 5.64. The molecule has 2 aliphatic rings. The molecular weight excluding hydrogens is 317 g/mol. The van der Waals surface area contributed by atoms with Crippen LogP contribution in [0.1, 0.15) is 41.9 Å². The number of benzene rings is 1. The highest BCUT2D eigenvalue weighted by Gasteiger charge is 2.43. The highest BCUT2D eigenvalue weighted by molar-refractivity contribution is 5.34. The fourth-order valence-electron chi connectivity index (χ4n) is 4.45. The maximum atomic E-state index is 13.6. The van der Waals surface area contributed by atoms with E-state index in [2.05, 4.69) is 9.88 Å². The lowest BCUT2D eigenvalue weighted by molar-refractivity contribution is 0.136. The van der Waals surface area contributed by atoms with Crippen molar-refractivity contribution in [1.82, 2.24) is 14.9 Å². The quantitative estimate of drug-likeness (QED) is 0.857. The molecule has 4 nitrogen and oxygen atoms in total. The minimum Gasteiger partial charge on any atom is -0.494 e. The summed E-state index contributed by atoms with van der Waals surface area (Å²) < 4.78 is 18.8. The molecule has 0 saturated carbocycles. The molecule has 1 aromatic carbocycles. The number of aromatic nitrogens is 2. The lowest BCUT2D eigenvalue weighted by Gasteiger charge is -2.40. The van der Waals surface area contributed by atoms with Gasteiger partial charge in [0.2, 0.25) is 0 Å². The average Bonchev–Trinajstić information content (AvgIpc) is 2.94. The second kappa shape index (κ2) is 6.37. The fraction of sp³-hybridized carbons (Fsp3) is 0.500. The number of likely N-dealkylation sites (tertiary alicyclic amines) is 1. The number of hydrogen-bond acceptors (Lipinski definition) is 4. The smallest absolute Gasteiger partial charge is 0.165 e. The lowest BCUT2D eigenvalue weighted by Crippen LogP contribution is -2.45. The van der Waals surface area contributed by atoms with E-state index < -0.39 is 0 Å². The van der Waals surface area contributed by atoms with Gasteiger partial charge < -0.3 is 4.74 Å². The van der Waals surface area contributed by atoms with Crippen molar-refractivity contribution >= 4 is 0 Å². The maximum absolute atomic E-state index is 13.6. The van der Waals surface area contributed by atoms with Crippen molar-refractivity contribution in [3.05, 3.63) is 52.9 Å². The number of rotatable bonds is 3. The largest absolute Gasteiger partial charge is 0.494 e. The molecule has 1 unspecified atom stereocenters. The number of methoxy groups -OCH3 is 1. The zero-order chi connectivity index (χ0) is 17.4. The van der Waals surface area contributed by atoms with E-state index in [-0.39, 0.29) is 11.2 Å². The molecule has 0 bridgehead atoms. The number of aryl methyl sites for hydroxylation is 2. The molecule has 1 aromatic heterocycles. The van der Waals surface area contributed by atoms with E-state index in [1.54, 1.807) is 0 Å². The Hall–Kier alpha value is -2.01. The van der Waals surface area contributed by atoms with Gasteiger partial charge in [0.05, 0.1) is 12.8 Å². The van der Waals surface area contributed by atoms with E-state index in [9.17, 15) is 4.39 Å². The van der Waals surface area contributed by atoms with E-state index in [0.29, 0.717) is 5.75 Å². The highest BCUT2D eigenvalue weighted by atomic mass is 19.1. The van der Waals surface area contributed by atoms with Crippen molar-refractivity contribution in [2.24, 2.45) is 0 Å². The zero-order valence-corrected chi connectivity index (χ0v) is 14.9. The molecular formula is C20H24FN3O. The van der Waals surface area contributed by atoms with Crippen LogP contribution in [-0.4, -0.2) is 35.1 Å². The normalized spacial score (nSPS) is 23.0. The van der Waals surface area contributed by atoms with Gasteiger partial charge in [0.25, 0.3) is 0 Å². The van der Waals surface area contributed by atoms with Gasteiger partial charge in [0.1, 0.15) is 5.82 Å². The molecule has 132 valence electrons. The second-order valence-corrected chi connectivity index (χ2v) is 7.35. The van der Waals surface area contributed by atoms with Crippen LogP contribution in [0.2, 0.25) is 0 Å². The summed E-state index contributed by atoms with van der Waals surface area (Å²) in [4.78, 5) is 11.6. The number of piperidine rings is 1. The average molecular weight is 341 g/mol. The molecule has 1 aliphatic heterocycles. The van der Waals surface area contributed by atoms with Crippen LogP contribution in [-0.2, 0) is 18.4 Å². The molecule has 1 saturated heterocycles. The third-order valence-electron chi connectivity index (χ3n) is 5.64. The topological polar surface area (TPSA) is 38.2 Å². The molecule has 1 atom stereocenters. The van der Waals surface area contributed by atoms with Gasteiger partial charge in [0.15, 0.2) is 11.6 Å². The standard InChI is InChI=1S/C20H24FN3O/c1-14-22-11-16-6-8-20(19(16)23-14)7-3-9-24(13-20)12-15-4-5-17(21)18(10-15)25-2/h4-5,10-11H,3,6-9,12-13H2,1-2H3. The summed E-state index contributed by atoms with van der Waals surface area (Å²) in [7, 11) is 1.51. The summed E-state index contributed by atoms with van der Waals surface area (Å²) in [6.07, 6.45) is 6.61. The van der Waals surface area contributed by atoms with Gasteiger partial charge in [-0.2, -0.15) is 0 Å². The molecule has 2 heterocycles. The summed E-state index contributed by atoms with van der Waals surface area (Å²) in [6.45, 7) is 4.87. The summed E-state index contributed by atoms with van der Waals surface area (Å²) >= 11 is 0. The number of nitrogens with zero attached hydrogens (tertiary/aromatic N) is 3. The molecule has 1 fully saturated rings. The number of hydrogen-bond donors (Lipinski definition) is 0. The first-order valence-electron chi connectivity index (χ1n) is 8.97. The van der Waals surface area contributed by atoms with E-state index in [4.69, 9.17) is 9.72 Å². The van der Waals surface area contributed by atoms with E-state index >= 15 is 0 Å². The number of halogens is 1. The number of fused-ring (bicyclic) bond motifs is 2. The molecule has 0 N–H and O–H groups in total. The second-order valence-electron chi connectivity index (χ2n) is 7.35. The van der Waals surface area contributed by atoms with Crippen molar-refractivity contribution in [3.63, 3.8) is 0 Å². The van der Waals surface area contributed by atoms with Crippen LogP contribution >= 0.6 is 0 Å². The minimum atomic E-state index is -0.307. The van der Waals surface area contributed by atoms with Gasteiger partial charge >= 0.3 is 0 Å². The van der Waals surface area contributed by atoms with Crippen molar-refractivity contribution in [3.8, 4) is 5.75 Å². The van der Waals surface area contributed by atoms with Crippen LogP contribution in [0.4, 0.5) is 4.39 Å². The van der Waals surface area contributed by atoms with Gasteiger partial charge in [-0.15, -0.1) is 0 Å². The van der Waals surface area contributed by atoms with Crippen LogP contribution in [0.25, 0.3) is 0 Å². The SMILES string of the molecule is COc1cc(CN2CCCC3(CCc4cnc(C)nc43)C2)ccc1F. The molecule has 1 spiro atoms. The first-order valence-corrected chi connectivity index (χ1v) is 8.97. The Bertz CT molecular complexity index is 791. The van der Waals surface area contributed by atoms with E-state index in [0.717, 1.165) is 43.9 Å². The Morgan fingerprint density at radius 1 is 1.32 bits per heavy atom. The van der Waals surface area contributed by atoms with Gasteiger partial charge in [-0.1, -0.05) is 6.07 Å². The number of ether oxygens (including phenoxy) is 1. The van der Waals surface area contributed by atoms with Crippen molar-refractivity contribution in [1.29, 1.82) is 0 Å². The lowest BCUT2D eigenvalue weighted by atomic mass is 9.77. The third kappa shape index (κ3) is 3.01. The van der Waals surface area contributed by atoms with Gasteiger partial charge in [-0.25, -0.2) is 14.4 Å². The predicted octanol–water partition coefficient (Wildman–Crippen LogP) is 3.41. The first-order chi connectivity index (χ1) is 12.1. The Morgan fingerprint density at radius 3 is 3.04 bits per heavy atom. The van der Waals surface area contributed by atoms with Crippen molar-refractivity contribution in [2.45, 2.75) is 44.6 Å². The molecule has 25 heavy (non-hydrogen) atoms. The van der Waals surface area contributed by atoms with Crippen LogP contribution in [0.5, 0.6) is 5.75 Å². The Balaban J connectivity index is 1.56. The van der Waals surface area contributed by atoms with Gasteiger partial charge in [-0.3, -0.25) is 4.90 Å². The predicted molar refractivity (Wildman–Crippen MR) is 94.2 cm³/mol. The monoisotopic (exact) mass is 341 g/mol. The first kappa shape index (κ1) is 16.5. The molecule has 1 aliphatic carbocycles. The fourth-order valence-corrected chi connectivity index (χ4v) is 4.45. The van der Waals surface area contributed by atoms with Crippen molar-refractivity contribution < 1.29 is 9.13 Å². The summed E-state index contributed by atoms with van der Waals surface area (Å²) in [5.74, 6) is 0.873. The minimum absolute atomic E-state index is 0.158. The summed E-state index contributed by atoms with van der Waals surface area (Å²) in [5, 5.41) is 0. The Labute approximate surface area is 148 Å². The Kier molecular flexibility index (Phi) is 4.20. The van der Waals surface area contributed by atoms with Crippen LogP contribution in [0.3, 0.4) is 0 Å². The van der Waals surface area contributed by atoms with Gasteiger partial charge in [0, 0.05) is 24.7 Å². The highest BCUT2D eigenvalue weighted by Crippen LogP contribution is 2.44. The van der Waals surface area contributed by atoms with E-state index in [1.165, 1.54) is 37.3 Å². The summed E-state index contributed by atoms with van der Waals surface area (Å²) in [5.41, 5.74) is 3.83. The molecule has 2 aromatic rings. The van der Waals surface area contributed by atoms with Gasteiger partial charge in [-0.05, 0) is 62.4 Å². The summed E-state index contributed by atoms with van der Waals surface area (Å²) in [6, 6.07) is 5.16. The van der Waals surface area contributed by atoms with Crippen molar-refractivity contribution in [2.75, 3.05) is 20.2 Å². The molecule has 0 amide bonds. The zero-order valence-electron chi connectivity index (χ0n) is 14.9. The van der Waals surface area contributed by atoms with Crippen LogP contribution in [0.15, 0.2) is 24.4 Å². The van der Waals surface area contributed by atoms with Crippen LogP contribution in [0, 0.1) is 12.7 Å². The molecule has 5 heteroatoms. The van der Waals surface area contributed by atoms with E-state index in [1.807, 2.05) is 25.3 Å². The maximum Gasteiger partial charge on any atom is 0.165 e. The molecule has 4 rings (SSSR count).